The first-order chi connectivity index (χ1) is 5.95. The molecule has 5 heteroatoms. The van der Waals surface area contributed by atoms with Crippen LogP contribution in [0, 0.1) is 0 Å². The van der Waals surface area contributed by atoms with E-state index in [0.29, 0.717) is 12.8 Å². The smallest absolute Gasteiger partial charge is 0.316 e. The van der Waals surface area contributed by atoms with E-state index in [4.69, 9.17) is 5.11 Å². The van der Waals surface area contributed by atoms with Crippen molar-refractivity contribution in [3.05, 3.63) is 0 Å². The summed E-state index contributed by atoms with van der Waals surface area (Å²) in [6.45, 7) is 3.58. The summed E-state index contributed by atoms with van der Waals surface area (Å²) in [7, 11) is -3.47. The Morgan fingerprint density at radius 2 is 1.92 bits per heavy atom. The molecule has 0 rings (SSSR count). The Labute approximate surface area is 78.4 Å². The summed E-state index contributed by atoms with van der Waals surface area (Å²) in [6.07, 6.45) is 1.54. The van der Waals surface area contributed by atoms with Crippen molar-refractivity contribution < 1.29 is 19.4 Å². The molecule has 0 aromatic carbocycles. The molecule has 78 valence electrons. The predicted molar refractivity (Wildman–Crippen MR) is 51.3 cm³/mol. The van der Waals surface area contributed by atoms with Gasteiger partial charge in [-0.25, -0.2) is 0 Å². The quantitative estimate of drug-likeness (QED) is 0.654. The zero-order valence-electron chi connectivity index (χ0n) is 8.06. The minimum absolute atomic E-state index is 0.101. The van der Waals surface area contributed by atoms with Crippen LogP contribution in [0.25, 0.3) is 0 Å². The third-order valence-electron chi connectivity index (χ3n) is 1.88. The van der Waals surface area contributed by atoms with Crippen LogP contribution in [0.15, 0.2) is 0 Å². The third kappa shape index (κ3) is 3.92. The van der Waals surface area contributed by atoms with Crippen molar-refractivity contribution in [1.82, 2.24) is 0 Å². The zero-order chi connectivity index (χ0) is 10.5. The van der Waals surface area contributed by atoms with Gasteiger partial charge in [-0.2, -0.15) is 0 Å². The third-order valence-corrected chi connectivity index (χ3v) is 4.42. The number of aliphatic carboxylic acids is 1. The first-order valence-electron chi connectivity index (χ1n) is 4.50. The van der Waals surface area contributed by atoms with Crippen LogP contribution in [-0.2, 0) is 9.36 Å². The maximum absolute atomic E-state index is 11.5. The lowest BCUT2D eigenvalue weighted by molar-refractivity contribution is -0.136. The Kier molecular flexibility index (Phi) is 5.26. The van der Waals surface area contributed by atoms with Crippen molar-refractivity contribution >= 4 is 13.3 Å². The van der Waals surface area contributed by atoms with Gasteiger partial charge in [0, 0.05) is 6.16 Å². The first kappa shape index (κ1) is 12.7. The van der Waals surface area contributed by atoms with Crippen molar-refractivity contribution in [2.75, 3.05) is 6.16 Å². The molecule has 2 atom stereocenters. The number of carbonyl (C=O) groups is 1. The molecule has 0 radical (unpaired) electrons. The summed E-state index contributed by atoms with van der Waals surface area (Å²) in [5.41, 5.74) is -1.07. The molecule has 0 aromatic heterocycles. The van der Waals surface area contributed by atoms with Gasteiger partial charge in [0.2, 0.25) is 7.37 Å². The lowest BCUT2D eigenvalue weighted by Crippen LogP contribution is -2.21. The van der Waals surface area contributed by atoms with Crippen molar-refractivity contribution in [2.45, 2.75) is 38.8 Å². The van der Waals surface area contributed by atoms with E-state index in [1.54, 1.807) is 6.92 Å². The van der Waals surface area contributed by atoms with Gasteiger partial charge in [-0.1, -0.05) is 20.3 Å². The van der Waals surface area contributed by atoms with E-state index < -0.39 is 19.0 Å². The number of carboxylic acid groups (broad SMARTS) is 1. The van der Waals surface area contributed by atoms with Crippen LogP contribution < -0.4 is 0 Å². The molecule has 0 aromatic rings. The largest absolute Gasteiger partial charge is 0.481 e. The van der Waals surface area contributed by atoms with Gasteiger partial charge in [0.05, 0.1) is 0 Å². The van der Waals surface area contributed by atoms with Crippen LogP contribution in [0.3, 0.4) is 0 Å². The van der Waals surface area contributed by atoms with Crippen molar-refractivity contribution in [1.29, 1.82) is 0 Å². The first-order valence-corrected chi connectivity index (χ1v) is 6.41. The second-order valence-electron chi connectivity index (χ2n) is 3.12. The van der Waals surface area contributed by atoms with E-state index >= 15 is 0 Å². The van der Waals surface area contributed by atoms with Crippen LogP contribution in [0.2, 0.25) is 0 Å². The molecule has 0 heterocycles. The number of hydrogen-bond acceptors (Lipinski definition) is 2. The highest BCUT2D eigenvalue weighted by molar-refractivity contribution is 7.59. The average Bonchev–Trinajstić information content (AvgIpc) is 1.99. The van der Waals surface area contributed by atoms with Gasteiger partial charge in [-0.05, 0) is 12.8 Å². The van der Waals surface area contributed by atoms with E-state index in [0.717, 1.165) is 0 Å². The highest BCUT2D eigenvalue weighted by Gasteiger charge is 2.34. The topological polar surface area (TPSA) is 74.6 Å². The van der Waals surface area contributed by atoms with E-state index in [-0.39, 0.29) is 12.6 Å². The normalized spacial score (nSPS) is 17.8. The second kappa shape index (κ2) is 5.40. The highest BCUT2D eigenvalue weighted by Crippen LogP contribution is 2.48. The Balaban J connectivity index is 4.52. The Bertz CT molecular complexity index is 214. The summed E-state index contributed by atoms with van der Waals surface area (Å²) in [4.78, 5) is 20.1. The van der Waals surface area contributed by atoms with E-state index in [9.17, 15) is 14.3 Å². The molecule has 13 heavy (non-hydrogen) atoms. The van der Waals surface area contributed by atoms with Crippen molar-refractivity contribution in [3.8, 4) is 0 Å². The van der Waals surface area contributed by atoms with Crippen molar-refractivity contribution in [2.24, 2.45) is 0 Å². The maximum atomic E-state index is 11.5. The standard InChI is InChI=1S/C8H17O4P/c1-3-5-7(8(9)10)13(11,12)6-4-2/h7H,3-6H2,1-2H3,(H,9,10)(H,11,12). The molecule has 0 aliphatic rings. The molecule has 0 spiro atoms. The van der Waals surface area contributed by atoms with Crippen LogP contribution in [-0.4, -0.2) is 27.8 Å². The molecule has 0 amide bonds. The lowest BCUT2D eigenvalue weighted by atomic mass is 10.2. The molecular formula is C8H17O4P. The fourth-order valence-electron chi connectivity index (χ4n) is 1.25. The van der Waals surface area contributed by atoms with Crippen LogP contribution in [0.5, 0.6) is 0 Å². The number of hydrogen-bond donors (Lipinski definition) is 2. The molecule has 0 saturated heterocycles. The molecule has 0 bridgehead atoms. The summed E-state index contributed by atoms with van der Waals surface area (Å²) in [5, 5.41) is 8.73. The lowest BCUT2D eigenvalue weighted by Gasteiger charge is -2.17. The molecule has 2 N–H and O–H groups in total. The minimum Gasteiger partial charge on any atom is -0.481 e. The monoisotopic (exact) mass is 208 g/mol. The van der Waals surface area contributed by atoms with Crippen LogP contribution in [0.1, 0.15) is 33.1 Å². The Morgan fingerprint density at radius 1 is 1.38 bits per heavy atom. The molecule has 0 aliphatic carbocycles. The fraction of sp³-hybridized carbons (Fsp3) is 0.875. The van der Waals surface area contributed by atoms with Crippen LogP contribution in [0.4, 0.5) is 0 Å². The fourth-order valence-corrected chi connectivity index (χ4v) is 3.21. The molecular weight excluding hydrogens is 191 g/mol. The predicted octanol–water partition coefficient (Wildman–Crippen LogP) is 1.92. The second-order valence-corrected chi connectivity index (χ2v) is 5.70. The van der Waals surface area contributed by atoms with Gasteiger partial charge in [0.15, 0.2) is 0 Å². The van der Waals surface area contributed by atoms with E-state index in [1.807, 2.05) is 6.92 Å². The van der Waals surface area contributed by atoms with E-state index in [1.165, 1.54) is 0 Å². The van der Waals surface area contributed by atoms with Gasteiger partial charge in [0.25, 0.3) is 0 Å². The molecule has 0 fully saturated rings. The summed E-state index contributed by atoms with van der Waals surface area (Å²) < 4.78 is 11.5. The SMILES string of the molecule is CCCC(C(=O)O)P(=O)(O)CCC. The van der Waals surface area contributed by atoms with Crippen LogP contribution >= 0.6 is 7.37 Å². The molecule has 0 aliphatic heterocycles. The maximum Gasteiger partial charge on any atom is 0.316 e. The van der Waals surface area contributed by atoms with Gasteiger partial charge in [-0.15, -0.1) is 0 Å². The van der Waals surface area contributed by atoms with Gasteiger partial charge >= 0.3 is 5.97 Å². The minimum atomic E-state index is -3.47. The zero-order valence-corrected chi connectivity index (χ0v) is 8.96. The summed E-state index contributed by atoms with van der Waals surface area (Å²) in [5.74, 6) is -1.15. The summed E-state index contributed by atoms with van der Waals surface area (Å²) >= 11 is 0. The molecule has 0 saturated carbocycles. The highest BCUT2D eigenvalue weighted by atomic mass is 31.2. The van der Waals surface area contributed by atoms with Gasteiger partial charge in [0.1, 0.15) is 5.66 Å². The summed E-state index contributed by atoms with van der Waals surface area (Å²) in [6, 6.07) is 0. The van der Waals surface area contributed by atoms with Crippen molar-refractivity contribution in [3.63, 3.8) is 0 Å². The number of carboxylic acids is 1. The Morgan fingerprint density at radius 3 is 2.23 bits per heavy atom. The Hall–Kier alpha value is -0.340. The molecule has 2 unspecified atom stereocenters. The van der Waals surface area contributed by atoms with Gasteiger partial charge < -0.3 is 10.00 Å². The average molecular weight is 208 g/mol. The van der Waals surface area contributed by atoms with E-state index in [2.05, 4.69) is 0 Å². The molecule has 4 nitrogen and oxygen atoms in total. The van der Waals surface area contributed by atoms with Gasteiger partial charge in [-0.3, -0.25) is 9.36 Å². The number of rotatable bonds is 6.